The number of nitriles is 1. The summed E-state index contributed by atoms with van der Waals surface area (Å²) in [6.07, 6.45) is 3.43. The van der Waals surface area contributed by atoms with Crippen LogP contribution in [0.2, 0.25) is 0 Å². The highest BCUT2D eigenvalue weighted by Gasteiger charge is 2.28. The fourth-order valence-electron chi connectivity index (χ4n) is 5.00. The van der Waals surface area contributed by atoms with E-state index < -0.39 is 30.3 Å². The predicted octanol–water partition coefficient (Wildman–Crippen LogP) is 3.48. The lowest BCUT2D eigenvalue weighted by atomic mass is 10.0. The smallest absolute Gasteiger partial charge is 0.404 e. The van der Waals surface area contributed by atoms with Gasteiger partial charge in [-0.25, -0.2) is 18.7 Å². The summed E-state index contributed by atoms with van der Waals surface area (Å²) in [5.74, 6) is 0.104. The van der Waals surface area contributed by atoms with Crippen LogP contribution in [0.1, 0.15) is 42.6 Å². The number of amides is 2. The second-order valence-electron chi connectivity index (χ2n) is 11.1. The Morgan fingerprint density at radius 2 is 1.98 bits per heavy atom. The number of carbonyl (C=O) groups excluding carboxylic acids is 1. The summed E-state index contributed by atoms with van der Waals surface area (Å²) in [5, 5.41) is 40.7. The Morgan fingerprint density at radius 3 is 2.68 bits per heavy atom. The first kappa shape index (κ1) is 30.2. The van der Waals surface area contributed by atoms with Gasteiger partial charge in [-0.3, -0.25) is 9.78 Å². The molecule has 44 heavy (non-hydrogen) atoms. The van der Waals surface area contributed by atoms with Gasteiger partial charge in [-0.2, -0.15) is 10.4 Å². The van der Waals surface area contributed by atoms with Gasteiger partial charge in [-0.05, 0) is 63.1 Å². The molecule has 14 heteroatoms. The van der Waals surface area contributed by atoms with Gasteiger partial charge >= 0.3 is 6.09 Å². The van der Waals surface area contributed by atoms with Gasteiger partial charge in [-0.15, -0.1) is 0 Å². The van der Waals surface area contributed by atoms with Gasteiger partial charge in [0.2, 0.25) is 0 Å². The highest BCUT2D eigenvalue weighted by atomic mass is 19.1. The number of aliphatic hydroxyl groups is 1. The number of pyridine rings is 2. The van der Waals surface area contributed by atoms with Gasteiger partial charge in [0, 0.05) is 25.3 Å². The number of carbonyl (C=O) groups is 2. The summed E-state index contributed by atoms with van der Waals surface area (Å²) in [5.41, 5.74) is 1.65. The van der Waals surface area contributed by atoms with Crippen LogP contribution in [0.3, 0.4) is 0 Å². The molecule has 1 aliphatic heterocycles. The van der Waals surface area contributed by atoms with Crippen LogP contribution in [0.5, 0.6) is 0 Å². The van der Waals surface area contributed by atoms with Crippen molar-refractivity contribution in [3.63, 3.8) is 0 Å². The van der Waals surface area contributed by atoms with Crippen molar-refractivity contribution in [2.45, 2.75) is 44.5 Å². The van der Waals surface area contributed by atoms with Crippen LogP contribution in [-0.4, -0.2) is 79.2 Å². The van der Waals surface area contributed by atoms with E-state index in [0.717, 1.165) is 19.4 Å². The third kappa shape index (κ3) is 6.68. The minimum atomic E-state index is -1.69. The highest BCUT2D eigenvalue weighted by Crippen LogP contribution is 2.29. The van der Waals surface area contributed by atoms with E-state index >= 15 is 0 Å². The number of carboxylic acid groups (broad SMARTS) is 1. The van der Waals surface area contributed by atoms with Crippen LogP contribution in [0.4, 0.5) is 26.4 Å². The standard InChI is InChI=1S/C30H32FN9O4/c1-30(2,44)26(31)17-35-28(41)22-16-33-24(25-7-6-20-10-18(12-32)13-37-40(20)25)11-23(22)38-19-5-8-27(34-14-19)39-9-3-4-21(39)15-36-29(42)43/h5-8,10-11,13-14,16,21,26,36,44H,3-4,9,15,17H2,1-2H3,(H,33,38)(H,35,41)(H,42,43)/t21-,26+/m0/s1. The molecule has 0 aromatic carbocycles. The average molecular weight is 602 g/mol. The quantitative estimate of drug-likeness (QED) is 0.181. The molecule has 5 rings (SSSR count). The molecular weight excluding hydrogens is 569 g/mol. The van der Waals surface area contributed by atoms with Gasteiger partial charge in [0.05, 0.1) is 63.9 Å². The van der Waals surface area contributed by atoms with Crippen LogP contribution in [0.15, 0.2) is 55.0 Å². The van der Waals surface area contributed by atoms with Crippen molar-refractivity contribution in [2.24, 2.45) is 0 Å². The summed E-state index contributed by atoms with van der Waals surface area (Å²) in [6, 6.07) is 12.6. The number of halogens is 1. The lowest BCUT2D eigenvalue weighted by molar-refractivity contribution is -0.00177. The molecule has 0 unspecified atom stereocenters. The van der Waals surface area contributed by atoms with Crippen LogP contribution < -0.4 is 20.9 Å². The number of hydrogen-bond donors (Lipinski definition) is 5. The summed E-state index contributed by atoms with van der Waals surface area (Å²) in [6.45, 7) is 3.29. The van der Waals surface area contributed by atoms with E-state index in [1.54, 1.807) is 41.0 Å². The highest BCUT2D eigenvalue weighted by molar-refractivity contribution is 6.00. The van der Waals surface area contributed by atoms with Gasteiger partial charge in [-0.1, -0.05) is 0 Å². The number of fused-ring (bicyclic) bond motifs is 1. The Balaban J connectivity index is 1.43. The minimum Gasteiger partial charge on any atom is -0.465 e. The Morgan fingerprint density at radius 1 is 1.16 bits per heavy atom. The predicted molar refractivity (Wildman–Crippen MR) is 161 cm³/mol. The molecule has 0 saturated carbocycles. The molecule has 228 valence electrons. The Labute approximate surface area is 252 Å². The number of alkyl halides is 1. The van der Waals surface area contributed by atoms with E-state index in [-0.39, 0.29) is 11.6 Å². The first-order valence-electron chi connectivity index (χ1n) is 14.0. The first-order chi connectivity index (χ1) is 21.0. The number of nitrogens with one attached hydrogen (secondary N) is 3. The number of aromatic nitrogens is 4. The maximum atomic E-state index is 14.4. The molecule has 1 aliphatic rings. The summed E-state index contributed by atoms with van der Waals surface area (Å²) in [4.78, 5) is 35.3. The van der Waals surface area contributed by atoms with Crippen molar-refractivity contribution >= 4 is 34.7 Å². The van der Waals surface area contributed by atoms with E-state index in [4.69, 9.17) is 5.11 Å². The Bertz CT molecular complexity index is 1710. The first-order valence-corrected chi connectivity index (χ1v) is 14.0. The number of rotatable bonds is 10. The molecule has 5 heterocycles. The topological polar surface area (TPSA) is 181 Å². The molecule has 1 fully saturated rings. The van der Waals surface area contributed by atoms with Crippen LogP contribution >= 0.6 is 0 Å². The molecule has 13 nitrogen and oxygen atoms in total. The van der Waals surface area contributed by atoms with Gasteiger partial charge in [0.25, 0.3) is 5.91 Å². The van der Waals surface area contributed by atoms with Crippen LogP contribution in [0, 0.1) is 11.3 Å². The molecule has 0 bridgehead atoms. The van der Waals surface area contributed by atoms with Gasteiger partial charge in [0.1, 0.15) is 18.1 Å². The number of hydrogen-bond acceptors (Lipinski definition) is 9. The lowest BCUT2D eigenvalue weighted by Crippen LogP contribution is -2.42. The van der Waals surface area contributed by atoms with Crippen LogP contribution in [-0.2, 0) is 0 Å². The van der Waals surface area contributed by atoms with Crippen LogP contribution in [0.25, 0.3) is 16.9 Å². The van der Waals surface area contributed by atoms with E-state index in [1.165, 1.54) is 26.2 Å². The number of nitrogens with zero attached hydrogens (tertiary/aromatic N) is 6. The molecule has 0 spiro atoms. The average Bonchev–Trinajstić information content (AvgIpc) is 3.65. The third-order valence-corrected chi connectivity index (χ3v) is 7.44. The molecule has 2 atom stereocenters. The SMILES string of the molecule is CC(C)(O)[C@H](F)CNC(=O)c1cnc(-c2ccc3cc(C#N)cnn23)cc1Nc1ccc(N2CCC[C@H]2CNC(=O)O)nc1. The van der Waals surface area contributed by atoms with E-state index in [0.29, 0.717) is 46.2 Å². The van der Waals surface area contributed by atoms with Gasteiger partial charge in [0.15, 0.2) is 0 Å². The third-order valence-electron chi connectivity index (χ3n) is 7.44. The van der Waals surface area contributed by atoms with E-state index in [1.807, 2.05) is 6.07 Å². The normalized spacial score (nSPS) is 15.5. The number of anilines is 3. The molecular formula is C30H32FN9O4. The van der Waals surface area contributed by atoms with Crippen molar-refractivity contribution in [1.82, 2.24) is 30.2 Å². The minimum absolute atomic E-state index is 0.00610. The Kier molecular flexibility index (Phi) is 8.59. The molecule has 0 radical (unpaired) electrons. The second kappa shape index (κ2) is 12.5. The zero-order chi connectivity index (χ0) is 31.4. The molecule has 4 aromatic rings. The molecule has 2 amide bonds. The monoisotopic (exact) mass is 601 g/mol. The van der Waals surface area contributed by atoms with E-state index in [9.17, 15) is 24.3 Å². The maximum Gasteiger partial charge on any atom is 0.404 e. The van der Waals surface area contributed by atoms with Crippen molar-refractivity contribution in [3.8, 4) is 17.5 Å². The van der Waals surface area contributed by atoms with Crippen molar-refractivity contribution in [1.29, 1.82) is 5.26 Å². The van der Waals surface area contributed by atoms with Crippen molar-refractivity contribution < 1.29 is 24.2 Å². The Hall–Kier alpha value is -5.29. The zero-order valence-electron chi connectivity index (χ0n) is 24.2. The van der Waals surface area contributed by atoms with Crippen molar-refractivity contribution in [2.75, 3.05) is 29.9 Å². The molecule has 1 saturated heterocycles. The summed E-state index contributed by atoms with van der Waals surface area (Å²) < 4.78 is 16.0. The second-order valence-corrected chi connectivity index (χ2v) is 11.1. The van der Waals surface area contributed by atoms with Crippen molar-refractivity contribution in [3.05, 3.63) is 66.1 Å². The molecule has 0 aliphatic carbocycles. The largest absolute Gasteiger partial charge is 0.465 e. The fourth-order valence-corrected chi connectivity index (χ4v) is 5.00. The van der Waals surface area contributed by atoms with E-state index in [2.05, 4.69) is 42.0 Å². The van der Waals surface area contributed by atoms with Gasteiger partial charge < -0.3 is 31.1 Å². The zero-order valence-corrected chi connectivity index (χ0v) is 24.2. The summed E-state index contributed by atoms with van der Waals surface area (Å²) >= 11 is 0. The molecule has 4 aromatic heterocycles. The maximum absolute atomic E-state index is 14.4. The molecule has 5 N–H and O–H groups in total. The fraction of sp³-hybridized carbons (Fsp3) is 0.333. The summed E-state index contributed by atoms with van der Waals surface area (Å²) in [7, 11) is 0. The lowest BCUT2D eigenvalue weighted by Gasteiger charge is -2.25.